The molecule has 0 unspecified atom stereocenters. The number of amides is 4. The van der Waals surface area contributed by atoms with Gasteiger partial charge in [0.05, 0.1) is 17.3 Å². The van der Waals surface area contributed by atoms with E-state index in [0.29, 0.717) is 42.2 Å². The molecule has 1 fully saturated rings. The summed E-state index contributed by atoms with van der Waals surface area (Å²) in [6.45, 7) is 0.0763. The molecule has 0 atom stereocenters. The van der Waals surface area contributed by atoms with Gasteiger partial charge in [-0.25, -0.2) is 9.69 Å². The Bertz CT molecular complexity index is 1390. The van der Waals surface area contributed by atoms with Crippen molar-refractivity contribution in [2.75, 3.05) is 12.0 Å². The molecule has 1 N–H and O–H groups in total. The molecule has 0 aromatic heterocycles. The van der Waals surface area contributed by atoms with Crippen LogP contribution in [0.1, 0.15) is 11.1 Å². The number of benzene rings is 3. The van der Waals surface area contributed by atoms with Gasteiger partial charge in [-0.2, -0.15) is 0 Å². The Kier molecular flexibility index (Phi) is 7.90. The van der Waals surface area contributed by atoms with Crippen molar-refractivity contribution in [2.24, 2.45) is 0 Å². The van der Waals surface area contributed by atoms with Crippen molar-refractivity contribution in [1.82, 2.24) is 5.32 Å². The van der Waals surface area contributed by atoms with Gasteiger partial charge in [-0.05, 0) is 76.1 Å². The number of hydrogen-bond donors (Lipinski definition) is 1. The number of hydrogen-bond acceptors (Lipinski definition) is 5. The maximum Gasteiger partial charge on any atom is 0.335 e. The Morgan fingerprint density at radius 2 is 1.67 bits per heavy atom. The first-order valence-electron chi connectivity index (χ1n) is 10.3. The average Bonchev–Trinajstić information content (AvgIpc) is 2.83. The number of carbonyl (C=O) groups excluding carboxylic acids is 3. The van der Waals surface area contributed by atoms with Crippen molar-refractivity contribution in [3.05, 3.63) is 90.8 Å². The van der Waals surface area contributed by atoms with Gasteiger partial charge in [0.15, 0.2) is 11.5 Å². The maximum absolute atomic E-state index is 13.1. The van der Waals surface area contributed by atoms with Crippen LogP contribution in [0.25, 0.3) is 6.08 Å². The SMILES string of the molecule is COc1cc(/C=C2\C(=O)NC(=O)N(c3ccc(Cl)cc3)C2=O)cc(Br)c1OCc1c(Cl)cccc1Cl. The lowest BCUT2D eigenvalue weighted by Gasteiger charge is -2.26. The average molecular weight is 611 g/mol. The van der Waals surface area contributed by atoms with Crippen LogP contribution in [0, 0.1) is 0 Å². The first-order chi connectivity index (χ1) is 17.2. The second-order valence-electron chi connectivity index (χ2n) is 7.46. The van der Waals surface area contributed by atoms with Gasteiger partial charge in [-0.1, -0.05) is 40.9 Å². The first kappa shape index (κ1) is 26.0. The standard InChI is InChI=1S/C25H16BrCl3N2O5/c1-35-21-11-13(10-18(26)22(21)36-12-17-19(28)3-2-4-20(17)29)9-16-23(32)30-25(34)31(24(16)33)15-7-5-14(27)6-8-15/h2-11H,12H2,1H3,(H,30,32,34)/b16-9+. The van der Waals surface area contributed by atoms with Gasteiger partial charge in [0.2, 0.25) is 0 Å². The molecule has 1 aliphatic rings. The summed E-state index contributed by atoms with van der Waals surface area (Å²) in [5, 5.41) is 3.53. The highest BCUT2D eigenvalue weighted by atomic mass is 79.9. The highest BCUT2D eigenvalue weighted by Gasteiger charge is 2.36. The predicted octanol–water partition coefficient (Wildman–Crippen LogP) is 6.66. The summed E-state index contributed by atoms with van der Waals surface area (Å²) in [6.07, 6.45) is 1.36. The molecule has 0 bridgehead atoms. The van der Waals surface area contributed by atoms with Crippen LogP contribution in [0.3, 0.4) is 0 Å². The van der Waals surface area contributed by atoms with E-state index >= 15 is 0 Å². The number of nitrogens with zero attached hydrogens (tertiary/aromatic N) is 1. The number of imide groups is 2. The molecular weight excluding hydrogens is 595 g/mol. The Morgan fingerprint density at radius 1 is 1.00 bits per heavy atom. The van der Waals surface area contributed by atoms with Crippen LogP contribution in [-0.4, -0.2) is 25.0 Å². The van der Waals surface area contributed by atoms with Gasteiger partial charge in [0, 0.05) is 20.6 Å². The lowest BCUT2D eigenvalue weighted by atomic mass is 10.1. The molecule has 0 aliphatic carbocycles. The van der Waals surface area contributed by atoms with E-state index in [9.17, 15) is 14.4 Å². The predicted molar refractivity (Wildman–Crippen MR) is 142 cm³/mol. The molecule has 36 heavy (non-hydrogen) atoms. The quantitative estimate of drug-likeness (QED) is 0.249. The van der Waals surface area contributed by atoms with E-state index in [4.69, 9.17) is 44.3 Å². The normalized spacial score (nSPS) is 14.8. The molecule has 1 aliphatic heterocycles. The molecule has 3 aromatic carbocycles. The molecule has 184 valence electrons. The van der Waals surface area contributed by atoms with Crippen molar-refractivity contribution >= 4 is 80.3 Å². The number of methoxy groups -OCH3 is 1. The van der Waals surface area contributed by atoms with Crippen LogP contribution in [0.4, 0.5) is 10.5 Å². The number of anilines is 1. The van der Waals surface area contributed by atoms with E-state index < -0.39 is 17.8 Å². The fraction of sp³-hybridized carbons (Fsp3) is 0.0800. The summed E-state index contributed by atoms with van der Waals surface area (Å²) in [5.74, 6) is -0.907. The molecule has 4 amide bonds. The van der Waals surface area contributed by atoms with E-state index in [1.807, 2.05) is 0 Å². The molecule has 7 nitrogen and oxygen atoms in total. The highest BCUT2D eigenvalue weighted by Crippen LogP contribution is 2.39. The first-order valence-corrected chi connectivity index (χ1v) is 12.2. The van der Waals surface area contributed by atoms with E-state index in [2.05, 4.69) is 21.2 Å². The summed E-state index contributed by atoms with van der Waals surface area (Å²) < 4.78 is 11.9. The number of ether oxygens (including phenoxy) is 2. The van der Waals surface area contributed by atoms with Crippen molar-refractivity contribution in [1.29, 1.82) is 0 Å². The van der Waals surface area contributed by atoms with E-state index in [0.717, 1.165) is 4.90 Å². The van der Waals surface area contributed by atoms with Gasteiger partial charge in [0.25, 0.3) is 11.8 Å². The number of carbonyl (C=O) groups is 3. The summed E-state index contributed by atoms with van der Waals surface area (Å²) in [7, 11) is 1.45. The molecule has 3 aromatic rings. The van der Waals surface area contributed by atoms with Crippen molar-refractivity contribution < 1.29 is 23.9 Å². The fourth-order valence-corrected chi connectivity index (χ4v) is 4.63. The number of urea groups is 1. The molecular formula is C25H16BrCl3N2O5. The number of rotatable bonds is 6. The monoisotopic (exact) mass is 608 g/mol. The van der Waals surface area contributed by atoms with Gasteiger partial charge >= 0.3 is 6.03 Å². The highest BCUT2D eigenvalue weighted by molar-refractivity contribution is 9.10. The van der Waals surface area contributed by atoms with Crippen molar-refractivity contribution in [3.8, 4) is 11.5 Å². The van der Waals surface area contributed by atoms with Crippen molar-refractivity contribution in [2.45, 2.75) is 6.61 Å². The number of barbiturate groups is 1. The van der Waals surface area contributed by atoms with Crippen LogP contribution >= 0.6 is 50.7 Å². The molecule has 1 saturated heterocycles. The summed E-state index contributed by atoms with van der Waals surface area (Å²) in [4.78, 5) is 38.9. The minimum absolute atomic E-state index is 0.0763. The zero-order valence-corrected chi connectivity index (χ0v) is 22.3. The maximum atomic E-state index is 13.1. The van der Waals surface area contributed by atoms with E-state index in [1.165, 1.54) is 37.5 Å². The molecule has 0 spiro atoms. The van der Waals surface area contributed by atoms with E-state index in [1.54, 1.807) is 30.3 Å². The Morgan fingerprint density at radius 3 is 2.31 bits per heavy atom. The van der Waals surface area contributed by atoms with Crippen LogP contribution < -0.4 is 19.7 Å². The number of halogens is 4. The summed E-state index contributed by atoms with van der Waals surface area (Å²) >= 11 is 21.8. The summed E-state index contributed by atoms with van der Waals surface area (Å²) in [5.41, 5.74) is 1.08. The zero-order chi connectivity index (χ0) is 26.0. The third kappa shape index (κ3) is 5.37. The molecule has 11 heteroatoms. The molecule has 1 heterocycles. The lowest BCUT2D eigenvalue weighted by molar-refractivity contribution is -0.122. The van der Waals surface area contributed by atoms with Crippen molar-refractivity contribution in [3.63, 3.8) is 0 Å². The smallest absolute Gasteiger partial charge is 0.335 e. The second-order valence-corrected chi connectivity index (χ2v) is 9.56. The molecule has 0 saturated carbocycles. The minimum Gasteiger partial charge on any atom is -0.493 e. The zero-order valence-electron chi connectivity index (χ0n) is 18.5. The Hall–Kier alpha value is -3.04. The van der Waals surface area contributed by atoms with Gasteiger partial charge in [0.1, 0.15) is 12.2 Å². The number of nitrogens with one attached hydrogen (secondary N) is 1. The third-order valence-corrected chi connectivity index (χ3v) is 6.72. The Balaban J connectivity index is 1.65. The van der Waals surface area contributed by atoms with Gasteiger partial charge in [-0.3, -0.25) is 14.9 Å². The van der Waals surface area contributed by atoms with Crippen LogP contribution in [-0.2, 0) is 16.2 Å². The van der Waals surface area contributed by atoms with Crippen LogP contribution in [0.15, 0.2) is 64.6 Å². The van der Waals surface area contributed by atoms with Gasteiger partial charge < -0.3 is 9.47 Å². The molecule has 0 radical (unpaired) electrons. The largest absolute Gasteiger partial charge is 0.493 e. The minimum atomic E-state index is -0.856. The summed E-state index contributed by atoms with van der Waals surface area (Å²) in [6, 6.07) is 13.6. The van der Waals surface area contributed by atoms with Gasteiger partial charge in [-0.15, -0.1) is 0 Å². The third-order valence-electron chi connectivity index (χ3n) is 5.17. The van der Waals surface area contributed by atoms with Crippen LogP contribution in [0.5, 0.6) is 11.5 Å². The Labute approximate surface area is 229 Å². The topological polar surface area (TPSA) is 84.9 Å². The van der Waals surface area contributed by atoms with Crippen LogP contribution in [0.2, 0.25) is 15.1 Å². The van der Waals surface area contributed by atoms with E-state index in [-0.39, 0.29) is 17.9 Å². The second kappa shape index (κ2) is 10.9. The lowest BCUT2D eigenvalue weighted by Crippen LogP contribution is -2.54. The molecule has 4 rings (SSSR count). The fourth-order valence-electron chi connectivity index (χ4n) is 3.43.